The molecule has 110 valence electrons. The van der Waals surface area contributed by atoms with Crippen LogP contribution < -0.4 is 10.1 Å². The summed E-state index contributed by atoms with van der Waals surface area (Å²) in [4.78, 5) is 12.0. The second-order valence-electron chi connectivity index (χ2n) is 4.48. The Morgan fingerprint density at radius 3 is 2.38 bits per heavy atom. The molecule has 1 unspecified atom stereocenters. The van der Waals surface area contributed by atoms with Crippen LogP contribution in [0.15, 0.2) is 48.5 Å². The van der Waals surface area contributed by atoms with E-state index in [-0.39, 0.29) is 11.7 Å². The molecule has 3 nitrogen and oxygen atoms in total. The Labute approximate surface area is 127 Å². The SMILES string of the molecule is COc1ccc(C(Cl)C(=O)NCc2ccc(F)cc2)cc1. The average Bonchev–Trinajstić information content (AvgIpc) is 2.53. The highest BCUT2D eigenvalue weighted by atomic mass is 35.5. The van der Waals surface area contributed by atoms with Gasteiger partial charge in [0.25, 0.3) is 0 Å². The first-order chi connectivity index (χ1) is 10.1. The fraction of sp³-hybridized carbons (Fsp3) is 0.188. The molecule has 1 atom stereocenters. The number of alkyl halides is 1. The molecule has 2 aromatic rings. The second-order valence-corrected chi connectivity index (χ2v) is 4.92. The van der Waals surface area contributed by atoms with Gasteiger partial charge in [0.15, 0.2) is 0 Å². The van der Waals surface area contributed by atoms with E-state index in [4.69, 9.17) is 16.3 Å². The van der Waals surface area contributed by atoms with E-state index in [0.717, 1.165) is 5.56 Å². The van der Waals surface area contributed by atoms with Crippen LogP contribution in [-0.4, -0.2) is 13.0 Å². The van der Waals surface area contributed by atoms with Crippen molar-refractivity contribution >= 4 is 17.5 Å². The molecule has 0 fully saturated rings. The summed E-state index contributed by atoms with van der Waals surface area (Å²) in [6, 6.07) is 12.9. The maximum absolute atomic E-state index is 12.8. The third kappa shape index (κ3) is 4.20. The van der Waals surface area contributed by atoms with Crippen LogP contribution in [0.5, 0.6) is 5.75 Å². The zero-order chi connectivity index (χ0) is 15.2. The summed E-state index contributed by atoms with van der Waals surface area (Å²) in [7, 11) is 1.57. The van der Waals surface area contributed by atoms with Gasteiger partial charge in [-0.3, -0.25) is 4.79 Å². The Kier molecular flexibility index (Phi) is 5.17. The Morgan fingerprint density at radius 1 is 1.19 bits per heavy atom. The van der Waals surface area contributed by atoms with Gasteiger partial charge in [-0.2, -0.15) is 0 Å². The summed E-state index contributed by atoms with van der Waals surface area (Å²) < 4.78 is 17.8. The Balaban J connectivity index is 1.93. The number of carbonyl (C=O) groups is 1. The fourth-order valence-corrected chi connectivity index (χ4v) is 2.03. The molecule has 0 heterocycles. The van der Waals surface area contributed by atoms with Crippen molar-refractivity contribution in [2.24, 2.45) is 0 Å². The lowest BCUT2D eigenvalue weighted by atomic mass is 10.1. The summed E-state index contributed by atoms with van der Waals surface area (Å²) in [5.74, 6) is 0.0963. The Hall–Kier alpha value is -2.07. The maximum atomic E-state index is 12.8. The predicted octanol–water partition coefficient (Wildman–Crippen LogP) is 3.43. The number of rotatable bonds is 5. The van der Waals surface area contributed by atoms with Crippen LogP contribution in [0.3, 0.4) is 0 Å². The van der Waals surface area contributed by atoms with Gasteiger partial charge in [-0.1, -0.05) is 24.3 Å². The minimum absolute atomic E-state index is 0.300. The van der Waals surface area contributed by atoms with Gasteiger partial charge >= 0.3 is 0 Å². The topological polar surface area (TPSA) is 38.3 Å². The minimum Gasteiger partial charge on any atom is -0.497 e. The van der Waals surface area contributed by atoms with E-state index in [9.17, 15) is 9.18 Å². The number of benzene rings is 2. The van der Waals surface area contributed by atoms with E-state index >= 15 is 0 Å². The number of carbonyl (C=O) groups excluding carboxylic acids is 1. The summed E-state index contributed by atoms with van der Waals surface area (Å²) in [6.45, 7) is 0.304. The zero-order valence-corrected chi connectivity index (χ0v) is 12.2. The number of nitrogens with one attached hydrogen (secondary N) is 1. The number of hydrogen-bond acceptors (Lipinski definition) is 2. The van der Waals surface area contributed by atoms with E-state index in [1.165, 1.54) is 12.1 Å². The molecule has 0 aromatic heterocycles. The second kappa shape index (κ2) is 7.09. The van der Waals surface area contributed by atoms with Gasteiger partial charge < -0.3 is 10.1 Å². The van der Waals surface area contributed by atoms with E-state index in [0.29, 0.717) is 17.9 Å². The van der Waals surface area contributed by atoms with E-state index in [1.54, 1.807) is 43.5 Å². The van der Waals surface area contributed by atoms with Crippen molar-refractivity contribution in [1.29, 1.82) is 0 Å². The average molecular weight is 308 g/mol. The normalized spacial score (nSPS) is 11.8. The van der Waals surface area contributed by atoms with Crippen molar-refractivity contribution in [2.75, 3.05) is 7.11 Å². The first-order valence-electron chi connectivity index (χ1n) is 6.40. The van der Waals surface area contributed by atoms with E-state index in [2.05, 4.69) is 5.32 Å². The van der Waals surface area contributed by atoms with Crippen LogP contribution in [0.4, 0.5) is 4.39 Å². The third-order valence-electron chi connectivity index (χ3n) is 3.02. The highest BCUT2D eigenvalue weighted by Gasteiger charge is 2.17. The summed E-state index contributed by atoms with van der Waals surface area (Å²) >= 11 is 6.13. The lowest BCUT2D eigenvalue weighted by Gasteiger charge is -2.11. The van der Waals surface area contributed by atoms with Crippen LogP contribution in [0.25, 0.3) is 0 Å². The van der Waals surface area contributed by atoms with Crippen molar-refractivity contribution in [3.05, 3.63) is 65.5 Å². The van der Waals surface area contributed by atoms with Gasteiger partial charge in [-0.25, -0.2) is 4.39 Å². The van der Waals surface area contributed by atoms with Crippen LogP contribution in [-0.2, 0) is 11.3 Å². The molecule has 2 aromatic carbocycles. The monoisotopic (exact) mass is 307 g/mol. The summed E-state index contributed by atoms with van der Waals surface area (Å²) in [5, 5.41) is 1.94. The number of amides is 1. The first kappa shape index (κ1) is 15.3. The molecule has 2 rings (SSSR count). The Morgan fingerprint density at radius 2 is 1.81 bits per heavy atom. The van der Waals surface area contributed by atoms with Crippen molar-refractivity contribution in [3.8, 4) is 5.75 Å². The third-order valence-corrected chi connectivity index (χ3v) is 3.47. The first-order valence-corrected chi connectivity index (χ1v) is 6.84. The molecule has 0 saturated heterocycles. The molecule has 0 bridgehead atoms. The molecule has 21 heavy (non-hydrogen) atoms. The van der Waals surface area contributed by atoms with Gasteiger partial charge in [0.05, 0.1) is 7.11 Å². The molecule has 0 aliphatic carbocycles. The highest BCUT2D eigenvalue weighted by molar-refractivity contribution is 6.30. The molecular formula is C16H15ClFNO2. The molecule has 5 heteroatoms. The largest absolute Gasteiger partial charge is 0.497 e. The minimum atomic E-state index is -0.781. The molecule has 0 aliphatic heterocycles. The van der Waals surface area contributed by atoms with Crippen LogP contribution in [0.1, 0.15) is 16.5 Å². The number of halogens is 2. The molecule has 0 saturated carbocycles. The van der Waals surface area contributed by atoms with Crippen molar-refractivity contribution < 1.29 is 13.9 Å². The highest BCUT2D eigenvalue weighted by Crippen LogP contribution is 2.23. The molecule has 1 N–H and O–H groups in total. The molecule has 0 radical (unpaired) electrons. The fourth-order valence-electron chi connectivity index (χ4n) is 1.81. The van der Waals surface area contributed by atoms with Crippen molar-refractivity contribution in [3.63, 3.8) is 0 Å². The number of ether oxygens (including phenoxy) is 1. The summed E-state index contributed by atoms with van der Waals surface area (Å²) in [6.07, 6.45) is 0. The summed E-state index contributed by atoms with van der Waals surface area (Å²) in [5.41, 5.74) is 1.50. The molecule has 1 amide bonds. The molecular weight excluding hydrogens is 293 g/mol. The number of hydrogen-bond donors (Lipinski definition) is 1. The lowest BCUT2D eigenvalue weighted by molar-refractivity contribution is -0.121. The lowest BCUT2D eigenvalue weighted by Crippen LogP contribution is -2.26. The predicted molar refractivity (Wildman–Crippen MR) is 79.8 cm³/mol. The van der Waals surface area contributed by atoms with Gasteiger partial charge in [0.1, 0.15) is 16.9 Å². The van der Waals surface area contributed by atoms with Gasteiger partial charge in [0.2, 0.25) is 5.91 Å². The quantitative estimate of drug-likeness (QED) is 0.859. The smallest absolute Gasteiger partial charge is 0.242 e. The zero-order valence-electron chi connectivity index (χ0n) is 11.5. The van der Waals surface area contributed by atoms with Crippen LogP contribution in [0, 0.1) is 5.82 Å². The van der Waals surface area contributed by atoms with Crippen LogP contribution in [0.2, 0.25) is 0 Å². The van der Waals surface area contributed by atoms with E-state index in [1.807, 2.05) is 0 Å². The van der Waals surface area contributed by atoms with Gasteiger partial charge in [-0.15, -0.1) is 11.6 Å². The Bertz CT molecular complexity index is 599. The van der Waals surface area contributed by atoms with Gasteiger partial charge in [0, 0.05) is 6.54 Å². The van der Waals surface area contributed by atoms with Crippen molar-refractivity contribution in [1.82, 2.24) is 5.32 Å². The van der Waals surface area contributed by atoms with Gasteiger partial charge in [-0.05, 0) is 35.4 Å². The standard InChI is InChI=1S/C16H15ClFNO2/c1-21-14-8-4-12(5-9-14)15(17)16(20)19-10-11-2-6-13(18)7-3-11/h2-9,15H,10H2,1H3,(H,19,20). The van der Waals surface area contributed by atoms with E-state index < -0.39 is 5.38 Å². The molecule has 0 aliphatic rings. The maximum Gasteiger partial charge on any atom is 0.242 e. The van der Waals surface area contributed by atoms with Crippen molar-refractivity contribution in [2.45, 2.75) is 11.9 Å². The number of methoxy groups -OCH3 is 1. The van der Waals surface area contributed by atoms with Crippen LogP contribution >= 0.6 is 11.6 Å². The molecule has 0 spiro atoms.